The molecular formula is C24H32N2O4. The number of hydrogen-bond donors (Lipinski definition) is 2. The van der Waals surface area contributed by atoms with Crippen molar-refractivity contribution in [3.63, 3.8) is 0 Å². The van der Waals surface area contributed by atoms with Gasteiger partial charge in [0.05, 0.1) is 23.7 Å². The van der Waals surface area contributed by atoms with Gasteiger partial charge in [-0.05, 0) is 57.9 Å². The van der Waals surface area contributed by atoms with Crippen LogP contribution in [0.5, 0.6) is 0 Å². The average Bonchev–Trinajstić information content (AvgIpc) is 3.44. The minimum atomic E-state index is -0.663. The molecule has 0 aliphatic carbocycles. The van der Waals surface area contributed by atoms with Crippen LogP contribution in [0.15, 0.2) is 41.0 Å². The second kappa shape index (κ2) is 8.90. The van der Waals surface area contributed by atoms with Crippen molar-refractivity contribution in [3.8, 4) is 0 Å². The van der Waals surface area contributed by atoms with Gasteiger partial charge in [-0.25, -0.2) is 4.98 Å². The second-order valence-corrected chi connectivity index (χ2v) is 9.27. The summed E-state index contributed by atoms with van der Waals surface area (Å²) in [5.74, 6) is 0.826. The molecule has 2 saturated heterocycles. The Bertz CT molecular complexity index is 842. The van der Waals surface area contributed by atoms with Gasteiger partial charge in [-0.2, -0.15) is 0 Å². The summed E-state index contributed by atoms with van der Waals surface area (Å²) in [5.41, 5.74) is 0.956. The number of amides is 1. The maximum Gasteiger partial charge on any atom is 0.273 e. The van der Waals surface area contributed by atoms with E-state index in [2.05, 4.69) is 34.6 Å². The number of rotatable bonds is 9. The Labute approximate surface area is 178 Å². The summed E-state index contributed by atoms with van der Waals surface area (Å²) in [7, 11) is 0. The van der Waals surface area contributed by atoms with E-state index >= 15 is 0 Å². The molecule has 0 unspecified atom stereocenters. The van der Waals surface area contributed by atoms with E-state index in [4.69, 9.17) is 9.15 Å². The molecule has 3 heterocycles. The number of aliphatic hydroxyl groups is 1. The van der Waals surface area contributed by atoms with Crippen molar-refractivity contribution in [1.82, 2.24) is 10.3 Å². The monoisotopic (exact) mass is 412 g/mol. The summed E-state index contributed by atoms with van der Waals surface area (Å²) < 4.78 is 12.0. The summed E-state index contributed by atoms with van der Waals surface area (Å²) in [6, 6.07) is 10.5. The highest BCUT2D eigenvalue weighted by molar-refractivity contribution is 5.91. The van der Waals surface area contributed by atoms with Crippen LogP contribution in [0.25, 0.3) is 0 Å². The van der Waals surface area contributed by atoms with Crippen LogP contribution in [0.3, 0.4) is 0 Å². The molecule has 1 aromatic heterocycles. The Morgan fingerprint density at radius 2 is 1.97 bits per heavy atom. The fourth-order valence-electron chi connectivity index (χ4n) is 4.78. The zero-order valence-corrected chi connectivity index (χ0v) is 17.8. The van der Waals surface area contributed by atoms with Gasteiger partial charge in [-0.1, -0.05) is 30.3 Å². The van der Waals surface area contributed by atoms with Crippen LogP contribution in [0.2, 0.25) is 0 Å². The van der Waals surface area contributed by atoms with E-state index in [-0.39, 0.29) is 24.0 Å². The maximum absolute atomic E-state index is 12.5. The number of carbonyl (C=O) groups excluding carboxylic acids is 1. The molecule has 2 fully saturated rings. The molecule has 6 nitrogen and oxygen atoms in total. The largest absolute Gasteiger partial charge is 0.448 e. The first-order valence-corrected chi connectivity index (χ1v) is 11.1. The number of ether oxygens (including phenoxy) is 1. The predicted molar refractivity (Wildman–Crippen MR) is 113 cm³/mol. The molecule has 162 valence electrons. The van der Waals surface area contributed by atoms with Gasteiger partial charge in [0.1, 0.15) is 6.26 Å². The van der Waals surface area contributed by atoms with Crippen molar-refractivity contribution in [3.05, 3.63) is 53.7 Å². The summed E-state index contributed by atoms with van der Waals surface area (Å²) in [5, 5.41) is 12.6. The lowest BCUT2D eigenvalue weighted by Crippen LogP contribution is -2.28. The van der Waals surface area contributed by atoms with Gasteiger partial charge in [0.25, 0.3) is 5.91 Å². The second-order valence-electron chi connectivity index (χ2n) is 9.27. The van der Waals surface area contributed by atoms with Crippen LogP contribution in [-0.2, 0) is 11.2 Å². The topological polar surface area (TPSA) is 84.6 Å². The number of aromatic nitrogens is 1. The van der Waals surface area contributed by atoms with Gasteiger partial charge >= 0.3 is 0 Å². The summed E-state index contributed by atoms with van der Waals surface area (Å²) in [6.45, 7) is 4.16. The van der Waals surface area contributed by atoms with Crippen molar-refractivity contribution in [2.24, 2.45) is 5.92 Å². The maximum atomic E-state index is 12.5. The smallest absolute Gasteiger partial charge is 0.273 e. The van der Waals surface area contributed by atoms with Gasteiger partial charge in [-0.15, -0.1) is 0 Å². The van der Waals surface area contributed by atoms with E-state index in [1.54, 1.807) is 13.8 Å². The van der Waals surface area contributed by atoms with Crippen molar-refractivity contribution < 1.29 is 19.1 Å². The van der Waals surface area contributed by atoms with E-state index in [0.29, 0.717) is 30.5 Å². The van der Waals surface area contributed by atoms with E-state index < -0.39 is 5.60 Å². The normalized spacial score (nSPS) is 25.6. The van der Waals surface area contributed by atoms with Gasteiger partial charge < -0.3 is 19.6 Å². The third-order valence-electron chi connectivity index (χ3n) is 6.28. The molecule has 0 saturated carbocycles. The molecule has 2 aliphatic heterocycles. The fourth-order valence-corrected chi connectivity index (χ4v) is 4.78. The highest BCUT2D eigenvalue weighted by atomic mass is 16.5. The Balaban J connectivity index is 1.36. The minimum Gasteiger partial charge on any atom is -0.448 e. The first-order chi connectivity index (χ1) is 14.4. The van der Waals surface area contributed by atoms with Gasteiger partial charge in [-0.3, -0.25) is 4.79 Å². The summed E-state index contributed by atoms with van der Waals surface area (Å²) in [4.78, 5) is 17.0. The highest BCUT2D eigenvalue weighted by Crippen LogP contribution is 2.49. The summed E-state index contributed by atoms with van der Waals surface area (Å²) >= 11 is 0. The Morgan fingerprint density at radius 1 is 1.20 bits per heavy atom. The summed E-state index contributed by atoms with van der Waals surface area (Å²) in [6.07, 6.45) is 7.25. The zero-order chi connectivity index (χ0) is 21.1. The van der Waals surface area contributed by atoms with E-state index in [1.165, 1.54) is 11.8 Å². The molecule has 30 heavy (non-hydrogen) atoms. The van der Waals surface area contributed by atoms with Crippen molar-refractivity contribution in [2.45, 2.75) is 76.1 Å². The molecule has 1 aromatic carbocycles. The van der Waals surface area contributed by atoms with Crippen molar-refractivity contribution >= 4 is 5.91 Å². The van der Waals surface area contributed by atoms with Gasteiger partial charge in [0.2, 0.25) is 5.89 Å². The van der Waals surface area contributed by atoms with E-state index in [9.17, 15) is 9.90 Å². The highest BCUT2D eigenvalue weighted by Gasteiger charge is 2.51. The molecular weight excluding hydrogens is 380 g/mol. The first-order valence-electron chi connectivity index (χ1n) is 11.1. The van der Waals surface area contributed by atoms with E-state index in [1.807, 2.05) is 6.07 Å². The number of fused-ring (bicyclic) bond motifs is 2. The molecule has 4 rings (SSSR count). The molecule has 1 amide bonds. The van der Waals surface area contributed by atoms with Gasteiger partial charge in [0, 0.05) is 12.5 Å². The SMILES string of the molecule is CC(C)(O)CCCCNC(=O)c1coc([C@H]2[C@@H](Cc3ccccc3)[C@@H]3CC[C@H]2O3)n1. The van der Waals surface area contributed by atoms with Crippen LogP contribution in [0, 0.1) is 5.92 Å². The quantitative estimate of drug-likeness (QED) is 0.611. The zero-order valence-electron chi connectivity index (χ0n) is 17.8. The molecule has 0 radical (unpaired) electrons. The molecule has 2 N–H and O–H groups in total. The third kappa shape index (κ3) is 4.93. The lowest BCUT2D eigenvalue weighted by Gasteiger charge is -2.25. The van der Waals surface area contributed by atoms with Crippen LogP contribution < -0.4 is 5.32 Å². The standard InChI is InChI=1S/C24H32N2O4/c1-24(2,28)12-6-7-13-25-22(27)18-15-29-23(26-18)21-17(19-10-11-20(21)30-19)14-16-8-4-3-5-9-16/h3-5,8-9,15,17,19-21,28H,6-7,10-14H2,1-2H3,(H,25,27)/t17-,19-,20+,21-/m0/s1. The lowest BCUT2D eigenvalue weighted by atomic mass is 9.76. The number of oxazole rings is 1. The number of nitrogens with one attached hydrogen (secondary N) is 1. The van der Waals surface area contributed by atoms with E-state index in [0.717, 1.165) is 32.1 Å². The fraction of sp³-hybridized carbons (Fsp3) is 0.583. The molecule has 0 spiro atoms. The number of hydrogen-bond acceptors (Lipinski definition) is 5. The molecule has 6 heteroatoms. The third-order valence-corrected chi connectivity index (χ3v) is 6.28. The van der Waals surface area contributed by atoms with Crippen LogP contribution in [0.1, 0.15) is 73.8 Å². The van der Waals surface area contributed by atoms with Gasteiger partial charge in [0.15, 0.2) is 5.69 Å². The Hall–Kier alpha value is -2.18. The Kier molecular flexibility index (Phi) is 6.25. The minimum absolute atomic E-state index is 0.0947. The molecule has 2 bridgehead atoms. The van der Waals surface area contributed by atoms with Crippen molar-refractivity contribution in [1.29, 1.82) is 0 Å². The lowest BCUT2D eigenvalue weighted by molar-refractivity contribution is 0.0682. The number of unbranched alkanes of at least 4 members (excludes halogenated alkanes) is 1. The Morgan fingerprint density at radius 3 is 2.73 bits per heavy atom. The van der Waals surface area contributed by atoms with Crippen molar-refractivity contribution in [2.75, 3.05) is 6.54 Å². The van der Waals surface area contributed by atoms with Crippen LogP contribution in [-0.4, -0.2) is 40.4 Å². The first kappa shape index (κ1) is 21.1. The number of carbonyl (C=O) groups is 1. The van der Waals surface area contributed by atoms with Crippen LogP contribution in [0.4, 0.5) is 0 Å². The molecule has 4 atom stereocenters. The number of nitrogens with zero attached hydrogens (tertiary/aromatic N) is 1. The number of benzene rings is 1. The average molecular weight is 413 g/mol. The predicted octanol–water partition coefficient (Wildman–Crippen LogP) is 3.85. The van der Waals surface area contributed by atoms with Crippen LogP contribution >= 0.6 is 0 Å². The molecule has 2 aliphatic rings. The molecule has 2 aromatic rings.